The van der Waals surface area contributed by atoms with E-state index < -0.39 is 0 Å². The molecular formula is C96H78N4. The van der Waals surface area contributed by atoms with Crippen molar-refractivity contribution in [1.29, 1.82) is 0 Å². The molecule has 0 fully saturated rings. The molecule has 16 aromatic rings. The van der Waals surface area contributed by atoms with Crippen molar-refractivity contribution < 1.29 is 0 Å². The Hall–Kier alpha value is -12.2. The second-order valence-electron chi connectivity index (χ2n) is 27.0. The Morgan fingerprint density at radius 2 is 0.510 bits per heavy atom. The lowest BCUT2D eigenvalue weighted by Gasteiger charge is -2.32. The molecule has 0 spiro atoms. The number of hydrogen-bond donors (Lipinski definition) is 0. The fourth-order valence-corrected chi connectivity index (χ4v) is 15.1. The molecule has 0 unspecified atom stereocenters. The van der Waals surface area contributed by atoms with E-state index in [1.807, 2.05) is 0 Å². The van der Waals surface area contributed by atoms with E-state index in [4.69, 9.17) is 0 Å². The van der Waals surface area contributed by atoms with Crippen molar-refractivity contribution in [3.63, 3.8) is 0 Å². The Morgan fingerprint density at radius 3 is 0.970 bits per heavy atom. The first-order valence-electron chi connectivity index (χ1n) is 34.8. The molecule has 0 atom stereocenters. The van der Waals surface area contributed by atoms with E-state index in [0.717, 1.165) is 84.5 Å². The molecule has 4 nitrogen and oxygen atoms in total. The van der Waals surface area contributed by atoms with Gasteiger partial charge in [-0.15, -0.1) is 0 Å². The number of rotatable bonds is 15. The molecule has 0 aliphatic heterocycles. The highest BCUT2D eigenvalue weighted by atomic mass is 15.2. The third-order valence-electron chi connectivity index (χ3n) is 20.1. The summed E-state index contributed by atoms with van der Waals surface area (Å²) in [4.78, 5) is 9.80. The SMILES string of the molecule is Cc1ccc(N(c2ccc(C)cc2)c2c(C)cc(-c3cc(C)c(N(c4ccc(C)cc4)c4ccc(C)cc4-c4ccc5c(N(c6ccccc6)c6ccc(-c7ccc(N(c8ccccc8)c8c(C)ccc9ccccc89)cc7)cc6)c(C)ccc5c4)c4ccccc34)c3ccccc23)cc1. The summed E-state index contributed by atoms with van der Waals surface area (Å²) in [6.07, 6.45) is 0. The number of para-hydroxylation sites is 2. The van der Waals surface area contributed by atoms with Crippen molar-refractivity contribution in [1.82, 2.24) is 0 Å². The first-order valence-corrected chi connectivity index (χ1v) is 34.8. The Morgan fingerprint density at radius 1 is 0.180 bits per heavy atom. The highest BCUT2D eigenvalue weighted by Crippen LogP contribution is 2.52. The van der Waals surface area contributed by atoms with E-state index in [9.17, 15) is 0 Å². The smallest absolute Gasteiger partial charge is 0.0569 e. The molecule has 0 aromatic heterocycles. The highest BCUT2D eigenvalue weighted by Gasteiger charge is 2.27. The van der Waals surface area contributed by atoms with Gasteiger partial charge < -0.3 is 19.6 Å². The van der Waals surface area contributed by atoms with Crippen molar-refractivity contribution in [2.24, 2.45) is 0 Å². The van der Waals surface area contributed by atoms with Crippen LogP contribution < -0.4 is 19.6 Å². The Kier molecular flexibility index (Phi) is 16.5. The molecule has 0 saturated carbocycles. The maximum absolute atomic E-state index is 2.52. The Balaban J connectivity index is 0.783. The van der Waals surface area contributed by atoms with E-state index in [1.165, 1.54) is 105 Å². The van der Waals surface area contributed by atoms with Gasteiger partial charge in [0.1, 0.15) is 0 Å². The van der Waals surface area contributed by atoms with Gasteiger partial charge in [0, 0.05) is 66.9 Å². The first-order chi connectivity index (χ1) is 48.9. The van der Waals surface area contributed by atoms with Gasteiger partial charge in [0.15, 0.2) is 0 Å². The molecule has 0 amide bonds. The standard InChI is InChI=1S/C96H78N4/c1-63-31-47-78(48-32-63)99(79-49-33-64(2)34-50-79)95-69(7)60-90(85-27-17-19-29-87(85)95)91-61-70(8)96(88-30-20-18-28-86(88)91)100(82-51-35-65(3)36-52-82)92-58-37-66(4)59-89(92)75-46-57-84-74(62-75)41-39-68(6)94(84)98(77-24-13-10-14-25-77)81-55-44-72(45-56-81)71-42-53-80(54-43-71)97(76-22-11-9-12-23-76)93-67(5)38-40-73-21-15-16-26-83(73)93/h9-62H,1-8H3. The van der Waals surface area contributed by atoms with E-state index in [1.54, 1.807) is 0 Å². The second kappa shape index (κ2) is 26.3. The van der Waals surface area contributed by atoms with Crippen LogP contribution in [0.3, 0.4) is 0 Å². The van der Waals surface area contributed by atoms with Gasteiger partial charge in [0.25, 0.3) is 0 Å². The maximum Gasteiger partial charge on any atom is 0.0569 e. The second-order valence-corrected chi connectivity index (χ2v) is 27.0. The number of fused-ring (bicyclic) bond motifs is 4. The molecule has 4 heteroatoms. The lowest BCUT2D eigenvalue weighted by molar-refractivity contribution is 1.25. The van der Waals surface area contributed by atoms with Gasteiger partial charge in [-0.25, -0.2) is 0 Å². The minimum atomic E-state index is 1.08. The van der Waals surface area contributed by atoms with Crippen LogP contribution in [0.2, 0.25) is 0 Å². The molecule has 0 radical (unpaired) electrons. The van der Waals surface area contributed by atoms with E-state index in [-0.39, 0.29) is 0 Å². The summed E-state index contributed by atoms with van der Waals surface area (Å²) >= 11 is 0. The molecule has 0 heterocycles. The van der Waals surface area contributed by atoms with Crippen LogP contribution in [0.25, 0.3) is 76.5 Å². The zero-order valence-electron chi connectivity index (χ0n) is 58.0. The van der Waals surface area contributed by atoms with Crippen LogP contribution in [0.4, 0.5) is 68.2 Å². The number of anilines is 12. The largest absolute Gasteiger partial charge is 0.310 e. The van der Waals surface area contributed by atoms with Crippen LogP contribution in [0.1, 0.15) is 44.5 Å². The summed E-state index contributed by atoms with van der Waals surface area (Å²) in [7, 11) is 0. The molecule has 0 aliphatic rings. The zero-order valence-corrected chi connectivity index (χ0v) is 58.0. The van der Waals surface area contributed by atoms with Gasteiger partial charge in [-0.05, 0) is 242 Å². The summed E-state index contributed by atoms with van der Waals surface area (Å²) in [6, 6.07) is 121. The molecule has 0 N–H and O–H groups in total. The van der Waals surface area contributed by atoms with E-state index >= 15 is 0 Å². The van der Waals surface area contributed by atoms with Crippen LogP contribution in [0.15, 0.2) is 328 Å². The molecule has 16 aromatic carbocycles. The van der Waals surface area contributed by atoms with Crippen LogP contribution in [-0.4, -0.2) is 0 Å². The topological polar surface area (TPSA) is 13.0 Å². The fraction of sp³-hybridized carbons (Fsp3) is 0.0833. The maximum atomic E-state index is 2.52. The average molecular weight is 1290 g/mol. The number of aryl methyl sites for hydroxylation is 8. The minimum absolute atomic E-state index is 1.08. The Labute approximate surface area is 588 Å². The summed E-state index contributed by atoms with van der Waals surface area (Å²) in [6.45, 7) is 17.7. The van der Waals surface area contributed by atoms with Crippen LogP contribution >= 0.6 is 0 Å². The van der Waals surface area contributed by atoms with Crippen molar-refractivity contribution in [3.05, 3.63) is 372 Å². The monoisotopic (exact) mass is 1290 g/mol. The van der Waals surface area contributed by atoms with Gasteiger partial charge >= 0.3 is 0 Å². The van der Waals surface area contributed by atoms with Gasteiger partial charge in [-0.1, -0.05) is 235 Å². The number of benzene rings is 16. The summed E-state index contributed by atoms with van der Waals surface area (Å²) in [5.74, 6) is 0. The van der Waals surface area contributed by atoms with Gasteiger partial charge in [0.2, 0.25) is 0 Å². The molecule has 0 bridgehead atoms. The molecule has 0 saturated heterocycles. The zero-order chi connectivity index (χ0) is 68.1. The van der Waals surface area contributed by atoms with Crippen molar-refractivity contribution in [2.75, 3.05) is 19.6 Å². The fourth-order valence-electron chi connectivity index (χ4n) is 15.1. The van der Waals surface area contributed by atoms with E-state index in [2.05, 4.69) is 403 Å². The first kappa shape index (κ1) is 62.6. The minimum Gasteiger partial charge on any atom is -0.310 e. The lowest BCUT2D eigenvalue weighted by Crippen LogP contribution is -2.14. The predicted octanol–water partition coefficient (Wildman–Crippen LogP) is 27.6. The van der Waals surface area contributed by atoms with Crippen molar-refractivity contribution >= 4 is 111 Å². The summed E-state index contributed by atoms with van der Waals surface area (Å²) in [5, 5.41) is 9.56. The normalized spacial score (nSPS) is 11.4. The van der Waals surface area contributed by atoms with Gasteiger partial charge in [-0.2, -0.15) is 0 Å². The van der Waals surface area contributed by atoms with Crippen LogP contribution in [-0.2, 0) is 0 Å². The molecule has 482 valence electrons. The number of nitrogens with zero attached hydrogens (tertiary/aromatic N) is 4. The highest BCUT2D eigenvalue weighted by molar-refractivity contribution is 6.15. The molecule has 0 aliphatic carbocycles. The Bertz CT molecular complexity index is 5680. The third-order valence-corrected chi connectivity index (χ3v) is 20.1. The molecule has 16 rings (SSSR count). The molecule has 100 heavy (non-hydrogen) atoms. The van der Waals surface area contributed by atoms with Gasteiger partial charge in [0.05, 0.1) is 28.4 Å². The number of hydrogen-bond acceptors (Lipinski definition) is 4. The quantitative estimate of drug-likeness (QED) is 0.101. The van der Waals surface area contributed by atoms with Crippen LogP contribution in [0, 0.1) is 55.4 Å². The van der Waals surface area contributed by atoms with Crippen molar-refractivity contribution in [2.45, 2.75) is 55.4 Å². The van der Waals surface area contributed by atoms with Crippen molar-refractivity contribution in [3.8, 4) is 33.4 Å². The van der Waals surface area contributed by atoms with E-state index in [0.29, 0.717) is 0 Å². The lowest BCUT2D eigenvalue weighted by atomic mass is 9.88. The van der Waals surface area contributed by atoms with Gasteiger partial charge in [-0.3, -0.25) is 0 Å². The summed E-state index contributed by atoms with van der Waals surface area (Å²) in [5.41, 5.74) is 30.2. The molecular weight excluding hydrogens is 1210 g/mol. The average Bonchev–Trinajstić information content (AvgIpc) is 0.737. The summed E-state index contributed by atoms with van der Waals surface area (Å²) < 4.78 is 0. The predicted molar refractivity (Wildman–Crippen MR) is 429 cm³/mol. The van der Waals surface area contributed by atoms with Crippen LogP contribution in [0.5, 0.6) is 0 Å². The third kappa shape index (κ3) is 11.6.